The van der Waals surface area contributed by atoms with Crippen molar-refractivity contribution in [3.8, 4) is 17.2 Å². The third-order valence-electron chi connectivity index (χ3n) is 9.01. The smallest absolute Gasteiger partial charge is 0.315 e. The Bertz CT molecular complexity index is 1910. The van der Waals surface area contributed by atoms with Crippen molar-refractivity contribution in [1.82, 2.24) is 5.06 Å². The van der Waals surface area contributed by atoms with E-state index in [-0.39, 0.29) is 34.4 Å². The van der Waals surface area contributed by atoms with E-state index in [4.69, 9.17) is 4.74 Å². The molecule has 49 heavy (non-hydrogen) atoms. The molecule has 0 bridgehead atoms. The van der Waals surface area contributed by atoms with Crippen LogP contribution in [0.4, 0.5) is 0 Å². The number of benzene rings is 5. The Balaban J connectivity index is 0.000000229. The first-order chi connectivity index (χ1) is 23.0. The van der Waals surface area contributed by atoms with Gasteiger partial charge < -0.3 is 20.2 Å². The summed E-state index contributed by atoms with van der Waals surface area (Å²) >= 11 is 0. The van der Waals surface area contributed by atoms with Crippen LogP contribution in [0.1, 0.15) is 51.3 Å². The van der Waals surface area contributed by atoms with Crippen LogP contribution in [0.15, 0.2) is 107 Å². The molecular formula is C39H42FeN4O5. The Morgan fingerprint density at radius 2 is 1.12 bits per heavy atom. The fourth-order valence-corrected chi connectivity index (χ4v) is 5.59. The van der Waals surface area contributed by atoms with Crippen LogP contribution in [0, 0.1) is 5.21 Å². The third-order valence-corrected chi connectivity index (χ3v) is 9.01. The molecule has 6 rings (SSSR count). The molecule has 0 spiro atoms. The molecule has 256 valence electrons. The number of phenolic OH excluding ortho intramolecular Hbond substituents is 2. The number of hydroxylamine groups is 3. The van der Waals surface area contributed by atoms with Crippen molar-refractivity contribution in [2.45, 2.75) is 45.7 Å². The van der Waals surface area contributed by atoms with E-state index < -0.39 is 11.1 Å². The van der Waals surface area contributed by atoms with Crippen LogP contribution in [-0.4, -0.2) is 74.3 Å². The van der Waals surface area contributed by atoms with Gasteiger partial charge in [0.25, 0.3) is 0 Å². The predicted octanol–water partition coefficient (Wildman–Crippen LogP) is 7.54. The Morgan fingerprint density at radius 3 is 1.51 bits per heavy atom. The summed E-state index contributed by atoms with van der Waals surface area (Å²) in [4.78, 5) is 8.39. The average Bonchev–Trinajstić information content (AvgIpc) is 3.20. The topological polar surface area (TPSA) is 124 Å². The van der Waals surface area contributed by atoms with Crippen molar-refractivity contribution >= 4 is 39.8 Å². The molecule has 0 unspecified atom stereocenters. The summed E-state index contributed by atoms with van der Waals surface area (Å²) < 4.78 is 6.95. The number of phenols is 2. The van der Waals surface area contributed by atoms with Crippen molar-refractivity contribution < 1.29 is 42.0 Å². The molecule has 9 nitrogen and oxygen atoms in total. The van der Waals surface area contributed by atoms with E-state index in [1.165, 1.54) is 0 Å². The minimum atomic E-state index is -0.808. The predicted molar refractivity (Wildman–Crippen MR) is 193 cm³/mol. The molecule has 0 amide bonds. The monoisotopic (exact) mass is 702 g/mol. The molecule has 5 aromatic rings. The van der Waals surface area contributed by atoms with Crippen LogP contribution in [0.2, 0.25) is 0 Å². The second kappa shape index (κ2) is 15.6. The molecule has 5 aromatic carbocycles. The summed E-state index contributed by atoms with van der Waals surface area (Å²) in [5, 5.41) is 48.3. The van der Waals surface area contributed by atoms with Crippen molar-refractivity contribution in [2.75, 3.05) is 19.7 Å². The molecule has 10 heteroatoms. The van der Waals surface area contributed by atoms with E-state index in [0.717, 1.165) is 42.7 Å². The van der Waals surface area contributed by atoms with E-state index >= 15 is 0 Å². The van der Waals surface area contributed by atoms with E-state index in [0.29, 0.717) is 30.8 Å². The molecule has 1 heterocycles. The fourth-order valence-electron chi connectivity index (χ4n) is 5.59. The summed E-state index contributed by atoms with van der Waals surface area (Å²) in [6, 6.07) is 29.8. The Morgan fingerprint density at radius 1 is 0.714 bits per heavy atom. The maximum Gasteiger partial charge on any atom is 0.315 e. The normalized spacial score (nSPS) is 15.1. The summed E-state index contributed by atoms with van der Waals surface area (Å²) in [5.74, 6) is 1.50. The number of para-hydroxylation sites is 2. The number of amidine groups is 1. The first-order valence-corrected chi connectivity index (χ1v) is 16.0. The minimum Gasteiger partial charge on any atom is -0.714 e. The number of hydrogen-bond donors (Lipinski definition) is 3. The molecule has 1 aliphatic heterocycles. The molecule has 0 fully saturated rings. The second-order valence-electron chi connectivity index (χ2n) is 12.5. The van der Waals surface area contributed by atoms with Gasteiger partial charge in [0.1, 0.15) is 22.8 Å². The number of rotatable bonds is 8. The summed E-state index contributed by atoms with van der Waals surface area (Å²) in [6.07, 6.45) is 3.26. The number of aliphatic imine (C=N–C) groups is 2. The van der Waals surface area contributed by atoms with Crippen LogP contribution < -0.4 is 4.74 Å². The molecule has 3 N–H and O–H groups in total. The van der Waals surface area contributed by atoms with Crippen LogP contribution in [-0.2, 0) is 17.1 Å². The van der Waals surface area contributed by atoms with Crippen LogP contribution >= 0.6 is 0 Å². The number of fused-ring (bicyclic) bond motifs is 2. The van der Waals surface area contributed by atoms with Crippen LogP contribution in [0.3, 0.4) is 0 Å². The van der Waals surface area contributed by atoms with E-state index in [1.54, 1.807) is 48.8 Å². The Kier molecular flexibility index (Phi) is 11.7. The molecular weight excluding hydrogens is 660 g/mol. The summed E-state index contributed by atoms with van der Waals surface area (Å²) in [6.45, 7) is 11.0. The average molecular weight is 703 g/mol. The van der Waals surface area contributed by atoms with Gasteiger partial charge in [-0.25, -0.2) is 5.21 Å². The second-order valence-corrected chi connectivity index (χ2v) is 12.5. The maximum absolute atomic E-state index is 13.4. The summed E-state index contributed by atoms with van der Waals surface area (Å²) in [7, 11) is 0. The van der Waals surface area contributed by atoms with E-state index in [2.05, 4.69) is 9.98 Å². The first-order valence-electron chi connectivity index (χ1n) is 16.0. The van der Waals surface area contributed by atoms with Gasteiger partial charge in [-0.2, -0.15) is 0 Å². The van der Waals surface area contributed by atoms with Gasteiger partial charge in [-0.05, 0) is 58.9 Å². The van der Waals surface area contributed by atoms with Crippen molar-refractivity contribution in [3.63, 3.8) is 0 Å². The van der Waals surface area contributed by atoms with Gasteiger partial charge in [0.15, 0.2) is 5.54 Å². The van der Waals surface area contributed by atoms with Crippen molar-refractivity contribution in [3.05, 3.63) is 119 Å². The molecule has 0 radical (unpaired) electrons. The van der Waals surface area contributed by atoms with Gasteiger partial charge in [0, 0.05) is 62.2 Å². The number of nitrogens with zero attached hydrogens (tertiary/aromatic N) is 4. The van der Waals surface area contributed by atoms with Gasteiger partial charge in [-0.1, -0.05) is 72.8 Å². The van der Waals surface area contributed by atoms with Crippen molar-refractivity contribution in [1.29, 1.82) is 0 Å². The van der Waals surface area contributed by atoms with Crippen LogP contribution in [0.5, 0.6) is 17.2 Å². The molecule has 0 saturated carbocycles. The Hall–Kier alpha value is -4.89. The van der Waals surface area contributed by atoms with E-state index in [1.807, 2.05) is 95.3 Å². The van der Waals surface area contributed by atoms with Gasteiger partial charge in [0.2, 0.25) is 0 Å². The maximum atomic E-state index is 13.4. The molecule has 0 saturated heterocycles. The molecule has 0 aromatic heterocycles. The first kappa shape index (κ1) is 36.9. The standard InChI is InChI=1S/C23H26N2O3.C16H16N2O2.Fe/c1-6-28-20-17-13-9-7-11-15(17)19(16-12-8-10-14-18(16)20)21-24(26)22(2,3)23(4,5)25(21)27;19-15-7-3-1-5-13(15)11-17-9-10-18-12-14-6-2-4-8-16(14)20;/h7-14,26H,6H2,1-5H3;1-8,11-12,19-20H,9-10H2;. The zero-order valence-corrected chi connectivity index (χ0v) is 29.4. The van der Waals surface area contributed by atoms with E-state index in [9.17, 15) is 20.6 Å². The van der Waals surface area contributed by atoms with Gasteiger partial charge in [-0.3, -0.25) is 14.7 Å². The zero-order valence-electron chi connectivity index (χ0n) is 28.3. The molecule has 1 aliphatic rings. The molecule has 0 atom stereocenters. The summed E-state index contributed by atoms with van der Waals surface area (Å²) in [5.41, 5.74) is 0.545. The van der Waals surface area contributed by atoms with Crippen LogP contribution in [0.25, 0.3) is 21.5 Å². The fraction of sp³-hybridized carbons (Fsp3) is 0.256. The Labute approximate surface area is 297 Å². The number of aromatic hydroxyl groups is 2. The number of hydrogen-bond acceptors (Lipinski definition) is 8. The SMILES string of the molecule is CCOc1c2ccccc2c(C2=[N+]([O-])C(C)(C)C(C)(C)N2O)c2ccccc12.Oc1ccccc1C=NCCN=Cc1ccccc1O.[Fe]. The van der Waals surface area contributed by atoms with Gasteiger partial charge >= 0.3 is 5.84 Å². The van der Waals surface area contributed by atoms with Crippen molar-refractivity contribution in [2.24, 2.45) is 9.98 Å². The minimum absolute atomic E-state index is 0. The zero-order chi connectivity index (χ0) is 34.5. The third kappa shape index (κ3) is 7.27. The molecule has 0 aliphatic carbocycles. The quantitative estimate of drug-likeness (QED) is 0.0384. The number of ether oxygens (including phenoxy) is 1. The van der Waals surface area contributed by atoms with Gasteiger partial charge in [0.05, 0.1) is 25.3 Å². The largest absolute Gasteiger partial charge is 0.714 e. The van der Waals surface area contributed by atoms with Gasteiger partial charge in [-0.15, -0.1) is 5.06 Å².